The van der Waals surface area contributed by atoms with Crippen LogP contribution in [-0.4, -0.2) is 24.0 Å². The molecule has 2 aromatic carbocycles. The lowest BCUT2D eigenvalue weighted by Gasteiger charge is -2.09. The number of nitrogens with one attached hydrogen (secondary N) is 2. The Morgan fingerprint density at radius 2 is 1.86 bits per heavy atom. The van der Waals surface area contributed by atoms with Crippen molar-refractivity contribution in [1.82, 2.24) is 4.98 Å². The summed E-state index contributed by atoms with van der Waals surface area (Å²) in [6.45, 7) is 0.526. The van der Waals surface area contributed by atoms with Crippen LogP contribution in [0.5, 0.6) is 0 Å². The zero-order valence-electron chi connectivity index (χ0n) is 15.1. The first-order valence-corrected chi connectivity index (χ1v) is 8.87. The molecule has 3 aromatic rings. The summed E-state index contributed by atoms with van der Waals surface area (Å²) in [5, 5.41) is 6.58. The number of aromatic nitrogens is 1. The van der Waals surface area contributed by atoms with Crippen LogP contribution in [0.3, 0.4) is 0 Å². The van der Waals surface area contributed by atoms with Gasteiger partial charge in [0.05, 0.1) is 18.2 Å². The van der Waals surface area contributed by atoms with Crippen LogP contribution < -0.4 is 10.6 Å². The number of pyridine rings is 1. The monoisotopic (exact) mass is 395 g/mol. The predicted molar refractivity (Wildman–Crippen MR) is 109 cm³/mol. The Morgan fingerprint density at radius 1 is 1.04 bits per heavy atom. The molecule has 0 saturated heterocycles. The minimum absolute atomic E-state index is 0.327. The van der Waals surface area contributed by atoms with Gasteiger partial charge < -0.3 is 15.4 Å². The van der Waals surface area contributed by atoms with Crippen LogP contribution >= 0.6 is 11.6 Å². The minimum atomic E-state index is -0.466. The van der Waals surface area contributed by atoms with Gasteiger partial charge in [0, 0.05) is 23.5 Å². The van der Waals surface area contributed by atoms with Crippen LogP contribution in [0.2, 0.25) is 5.02 Å². The number of hydrogen-bond acceptors (Lipinski definition) is 5. The number of amides is 1. The van der Waals surface area contributed by atoms with E-state index in [0.29, 0.717) is 34.2 Å². The summed E-state index contributed by atoms with van der Waals surface area (Å²) in [6.07, 6.45) is 1.48. The van der Waals surface area contributed by atoms with E-state index in [-0.39, 0.29) is 5.91 Å². The van der Waals surface area contributed by atoms with Crippen molar-refractivity contribution in [2.45, 2.75) is 6.54 Å². The summed E-state index contributed by atoms with van der Waals surface area (Å²) >= 11 is 6.13. The Labute approximate surface area is 167 Å². The minimum Gasteiger partial charge on any atom is -0.465 e. The molecule has 1 aromatic heterocycles. The molecular formula is C21H18ClN3O3. The lowest BCUT2D eigenvalue weighted by Crippen LogP contribution is -2.13. The molecule has 0 aliphatic rings. The van der Waals surface area contributed by atoms with Crippen LogP contribution in [-0.2, 0) is 11.3 Å². The Bertz CT molecular complexity index is 990. The summed E-state index contributed by atoms with van der Waals surface area (Å²) < 4.78 is 4.68. The van der Waals surface area contributed by atoms with E-state index in [2.05, 4.69) is 20.4 Å². The summed E-state index contributed by atoms with van der Waals surface area (Å²) in [6, 6.07) is 17.5. The zero-order valence-corrected chi connectivity index (χ0v) is 15.9. The van der Waals surface area contributed by atoms with Crippen LogP contribution in [0.1, 0.15) is 26.3 Å². The van der Waals surface area contributed by atoms with Gasteiger partial charge in [-0.2, -0.15) is 0 Å². The van der Waals surface area contributed by atoms with E-state index < -0.39 is 5.97 Å². The molecular weight excluding hydrogens is 378 g/mol. The first-order valence-electron chi connectivity index (χ1n) is 8.50. The van der Waals surface area contributed by atoms with Gasteiger partial charge in [-0.05, 0) is 42.0 Å². The molecule has 28 heavy (non-hydrogen) atoms. The molecule has 1 amide bonds. The largest absolute Gasteiger partial charge is 0.465 e. The van der Waals surface area contributed by atoms with Crippen LogP contribution in [0.25, 0.3) is 0 Å². The maximum atomic E-state index is 12.4. The van der Waals surface area contributed by atoms with Crippen molar-refractivity contribution < 1.29 is 14.3 Å². The number of anilines is 2. The number of carbonyl (C=O) groups is 2. The second kappa shape index (κ2) is 9.01. The zero-order chi connectivity index (χ0) is 19.9. The average molecular weight is 396 g/mol. The number of hydrogen-bond donors (Lipinski definition) is 2. The van der Waals surface area contributed by atoms with Gasteiger partial charge in [-0.25, -0.2) is 9.78 Å². The highest BCUT2D eigenvalue weighted by molar-refractivity contribution is 6.31. The van der Waals surface area contributed by atoms with E-state index in [9.17, 15) is 9.59 Å². The highest BCUT2D eigenvalue weighted by Crippen LogP contribution is 2.17. The fourth-order valence-corrected chi connectivity index (χ4v) is 2.71. The molecule has 0 bridgehead atoms. The molecule has 0 unspecified atom stereocenters. The standard InChI is InChI=1S/C21H18ClN3O3/c1-28-21(27)14-6-4-7-17(11-14)25-20(26)16-9-10-19(24-13-16)23-12-15-5-2-3-8-18(15)22/h2-11,13H,12H2,1H3,(H,23,24)(H,25,26). The SMILES string of the molecule is COC(=O)c1cccc(NC(=O)c2ccc(NCc3ccccc3Cl)nc2)c1. The topological polar surface area (TPSA) is 80.3 Å². The molecule has 0 radical (unpaired) electrons. The van der Waals surface area contributed by atoms with Crippen LogP contribution in [0.4, 0.5) is 11.5 Å². The lowest BCUT2D eigenvalue weighted by molar-refractivity contribution is 0.0600. The predicted octanol–water partition coefficient (Wildman–Crippen LogP) is 4.39. The fourth-order valence-electron chi connectivity index (χ4n) is 2.51. The van der Waals surface area contributed by atoms with Crippen molar-refractivity contribution in [3.8, 4) is 0 Å². The number of esters is 1. The first kappa shape index (κ1) is 19.4. The summed E-state index contributed by atoms with van der Waals surface area (Å²) in [4.78, 5) is 28.2. The van der Waals surface area contributed by atoms with Gasteiger partial charge in [0.15, 0.2) is 0 Å². The van der Waals surface area contributed by atoms with E-state index >= 15 is 0 Å². The Hall–Kier alpha value is -3.38. The maximum absolute atomic E-state index is 12.4. The number of halogens is 1. The number of rotatable bonds is 6. The van der Waals surface area contributed by atoms with Gasteiger partial charge in [-0.3, -0.25) is 4.79 Å². The molecule has 6 nitrogen and oxygen atoms in total. The van der Waals surface area contributed by atoms with E-state index in [1.807, 2.05) is 24.3 Å². The third-order valence-corrected chi connectivity index (χ3v) is 4.35. The average Bonchev–Trinajstić information content (AvgIpc) is 2.73. The molecule has 0 aliphatic heterocycles. The second-order valence-corrected chi connectivity index (χ2v) is 6.31. The molecule has 0 aliphatic carbocycles. The lowest BCUT2D eigenvalue weighted by atomic mass is 10.2. The highest BCUT2D eigenvalue weighted by Gasteiger charge is 2.10. The number of nitrogens with zero attached hydrogens (tertiary/aromatic N) is 1. The van der Waals surface area contributed by atoms with Crippen molar-refractivity contribution in [2.75, 3.05) is 17.7 Å². The molecule has 0 atom stereocenters. The van der Waals surface area contributed by atoms with Gasteiger partial charge in [-0.1, -0.05) is 35.9 Å². The Morgan fingerprint density at radius 3 is 2.57 bits per heavy atom. The van der Waals surface area contributed by atoms with E-state index in [4.69, 9.17) is 11.6 Å². The fraction of sp³-hybridized carbons (Fsp3) is 0.0952. The van der Waals surface area contributed by atoms with Crippen LogP contribution in [0.15, 0.2) is 66.9 Å². The number of carbonyl (C=O) groups excluding carboxylic acids is 2. The Kier molecular flexibility index (Phi) is 6.24. The number of ether oxygens (including phenoxy) is 1. The quantitative estimate of drug-likeness (QED) is 0.605. The smallest absolute Gasteiger partial charge is 0.337 e. The number of methoxy groups -OCH3 is 1. The molecule has 3 rings (SSSR count). The van der Waals surface area contributed by atoms with Crippen molar-refractivity contribution in [3.05, 3.63) is 88.6 Å². The van der Waals surface area contributed by atoms with Gasteiger partial charge >= 0.3 is 5.97 Å². The molecule has 1 heterocycles. The van der Waals surface area contributed by atoms with Gasteiger partial charge in [-0.15, -0.1) is 0 Å². The molecule has 142 valence electrons. The summed E-state index contributed by atoms with van der Waals surface area (Å²) in [5.41, 5.74) is 2.21. The third kappa shape index (κ3) is 4.86. The molecule has 0 saturated carbocycles. The normalized spacial score (nSPS) is 10.2. The van der Waals surface area contributed by atoms with Gasteiger partial charge in [0.25, 0.3) is 5.91 Å². The highest BCUT2D eigenvalue weighted by atomic mass is 35.5. The van der Waals surface area contributed by atoms with Crippen LogP contribution in [0, 0.1) is 0 Å². The molecule has 7 heteroatoms. The second-order valence-electron chi connectivity index (χ2n) is 5.90. The van der Waals surface area contributed by atoms with Gasteiger partial charge in [0.2, 0.25) is 0 Å². The van der Waals surface area contributed by atoms with Crippen molar-refractivity contribution in [2.24, 2.45) is 0 Å². The Balaban J connectivity index is 1.62. The maximum Gasteiger partial charge on any atom is 0.337 e. The third-order valence-electron chi connectivity index (χ3n) is 3.99. The van der Waals surface area contributed by atoms with E-state index in [1.54, 1.807) is 36.4 Å². The van der Waals surface area contributed by atoms with Crippen molar-refractivity contribution >= 4 is 35.0 Å². The van der Waals surface area contributed by atoms with E-state index in [0.717, 1.165) is 5.56 Å². The summed E-state index contributed by atoms with van der Waals surface area (Å²) in [5.74, 6) is -0.164. The molecule has 0 spiro atoms. The van der Waals surface area contributed by atoms with Gasteiger partial charge in [0.1, 0.15) is 5.82 Å². The number of benzene rings is 2. The van der Waals surface area contributed by atoms with E-state index in [1.165, 1.54) is 13.3 Å². The summed E-state index contributed by atoms with van der Waals surface area (Å²) in [7, 11) is 1.31. The first-order chi connectivity index (χ1) is 13.6. The van der Waals surface area contributed by atoms with Crippen molar-refractivity contribution in [3.63, 3.8) is 0 Å². The van der Waals surface area contributed by atoms with Crippen molar-refractivity contribution in [1.29, 1.82) is 0 Å². The molecule has 2 N–H and O–H groups in total. The molecule has 0 fully saturated rings.